The molecule has 0 aromatic heterocycles. The molecule has 1 fully saturated rings. The minimum atomic E-state index is -1.35. The van der Waals surface area contributed by atoms with Crippen LogP contribution in [0.4, 0.5) is 9.18 Å². The molecule has 1 N–H and O–H groups in total. The first-order valence-electron chi connectivity index (χ1n) is 5.96. The highest BCUT2D eigenvalue weighted by atomic mass is 19.1. The van der Waals surface area contributed by atoms with Gasteiger partial charge in [0.15, 0.2) is 0 Å². The van der Waals surface area contributed by atoms with Crippen molar-refractivity contribution in [3.05, 3.63) is 0 Å². The SMILES string of the molecule is CC(C)(C)OC(=O)N1CC[C@@H](F)[C@](C)(O)CC1. The maximum Gasteiger partial charge on any atom is 0.410 e. The van der Waals surface area contributed by atoms with E-state index in [-0.39, 0.29) is 19.4 Å². The van der Waals surface area contributed by atoms with Gasteiger partial charge in [0, 0.05) is 13.1 Å². The molecular formula is C12H22FNO3. The quantitative estimate of drug-likeness (QED) is 0.713. The lowest BCUT2D eigenvalue weighted by Crippen LogP contribution is -2.38. The number of carbonyl (C=O) groups excluding carboxylic acids is 1. The van der Waals surface area contributed by atoms with E-state index < -0.39 is 23.5 Å². The number of nitrogens with zero attached hydrogens (tertiary/aromatic N) is 1. The second-order valence-electron chi connectivity index (χ2n) is 5.83. The van der Waals surface area contributed by atoms with Crippen LogP contribution < -0.4 is 0 Å². The molecule has 1 aliphatic heterocycles. The molecule has 1 heterocycles. The summed E-state index contributed by atoms with van der Waals surface area (Å²) in [5.41, 5.74) is -1.90. The summed E-state index contributed by atoms with van der Waals surface area (Å²) in [7, 11) is 0. The first-order chi connectivity index (χ1) is 7.62. The fourth-order valence-electron chi connectivity index (χ4n) is 1.72. The zero-order chi connectivity index (χ0) is 13.3. The Morgan fingerprint density at radius 2 is 2.06 bits per heavy atom. The van der Waals surface area contributed by atoms with Crippen LogP contribution in [0.3, 0.4) is 0 Å². The third-order valence-electron chi connectivity index (χ3n) is 2.87. The molecule has 1 rings (SSSR count). The molecule has 0 saturated carbocycles. The second kappa shape index (κ2) is 4.80. The lowest BCUT2D eigenvalue weighted by atomic mass is 9.96. The number of rotatable bonds is 0. The number of halogens is 1. The summed E-state index contributed by atoms with van der Waals surface area (Å²) in [5, 5.41) is 9.80. The van der Waals surface area contributed by atoms with Gasteiger partial charge in [-0.15, -0.1) is 0 Å². The normalized spacial score (nSPS) is 30.9. The Hall–Kier alpha value is -0.840. The number of hydrogen-bond acceptors (Lipinski definition) is 3. The smallest absolute Gasteiger partial charge is 0.410 e. The maximum atomic E-state index is 13.6. The molecule has 1 amide bonds. The molecule has 100 valence electrons. The minimum Gasteiger partial charge on any atom is -0.444 e. The van der Waals surface area contributed by atoms with E-state index in [1.165, 1.54) is 11.8 Å². The molecule has 2 atom stereocenters. The van der Waals surface area contributed by atoms with E-state index in [9.17, 15) is 14.3 Å². The maximum absolute atomic E-state index is 13.6. The molecule has 17 heavy (non-hydrogen) atoms. The van der Waals surface area contributed by atoms with Crippen LogP contribution in [0.25, 0.3) is 0 Å². The summed E-state index contributed by atoms with van der Waals surface area (Å²) < 4.78 is 18.8. The van der Waals surface area contributed by atoms with Gasteiger partial charge in [-0.05, 0) is 40.5 Å². The predicted octanol–water partition coefficient (Wildman–Crippen LogP) is 2.11. The van der Waals surface area contributed by atoms with Crippen LogP contribution in [-0.4, -0.2) is 46.6 Å². The number of likely N-dealkylation sites (tertiary alicyclic amines) is 1. The number of hydrogen-bond donors (Lipinski definition) is 1. The van der Waals surface area contributed by atoms with Gasteiger partial charge >= 0.3 is 6.09 Å². The summed E-state index contributed by atoms with van der Waals surface area (Å²) in [5.74, 6) is 0. The Bertz CT molecular complexity index is 286. The molecule has 0 aromatic rings. The third kappa shape index (κ3) is 4.15. The van der Waals surface area contributed by atoms with Crippen LogP contribution in [0.15, 0.2) is 0 Å². The Morgan fingerprint density at radius 1 is 1.47 bits per heavy atom. The number of aliphatic hydroxyl groups is 1. The molecule has 0 radical (unpaired) electrons. The molecule has 0 bridgehead atoms. The van der Waals surface area contributed by atoms with E-state index in [4.69, 9.17) is 4.74 Å². The zero-order valence-electron chi connectivity index (χ0n) is 11.0. The number of amides is 1. The van der Waals surface area contributed by atoms with Crippen LogP contribution in [-0.2, 0) is 4.74 Å². The minimum absolute atomic E-state index is 0.145. The first kappa shape index (κ1) is 14.2. The number of carbonyl (C=O) groups is 1. The van der Waals surface area contributed by atoms with Crippen LogP contribution in [0.1, 0.15) is 40.5 Å². The highest BCUT2D eigenvalue weighted by Gasteiger charge is 2.37. The standard InChI is InChI=1S/C12H22FNO3/c1-11(2,3)17-10(15)14-7-5-9(13)12(4,16)6-8-14/h9,16H,5-8H2,1-4H3/t9-,12-/m1/s1. The molecule has 0 unspecified atom stereocenters. The van der Waals surface area contributed by atoms with E-state index in [2.05, 4.69) is 0 Å². The largest absolute Gasteiger partial charge is 0.444 e. The van der Waals surface area contributed by atoms with Crippen LogP contribution in [0, 0.1) is 0 Å². The highest BCUT2D eigenvalue weighted by molar-refractivity contribution is 5.68. The lowest BCUT2D eigenvalue weighted by molar-refractivity contribution is -0.0220. The predicted molar refractivity (Wildman–Crippen MR) is 62.6 cm³/mol. The molecular weight excluding hydrogens is 225 g/mol. The second-order valence-corrected chi connectivity index (χ2v) is 5.83. The molecule has 1 saturated heterocycles. The van der Waals surface area contributed by atoms with Gasteiger partial charge in [0.05, 0.1) is 5.60 Å². The molecule has 0 aliphatic carbocycles. The van der Waals surface area contributed by atoms with Crippen LogP contribution in [0.5, 0.6) is 0 Å². The summed E-state index contributed by atoms with van der Waals surface area (Å²) in [6.45, 7) is 7.44. The zero-order valence-corrected chi connectivity index (χ0v) is 11.0. The van der Waals surface area contributed by atoms with Gasteiger partial charge in [-0.3, -0.25) is 0 Å². The molecule has 4 nitrogen and oxygen atoms in total. The summed E-state index contributed by atoms with van der Waals surface area (Å²) in [4.78, 5) is 13.2. The van der Waals surface area contributed by atoms with Gasteiger partial charge in [-0.1, -0.05) is 0 Å². The van der Waals surface area contributed by atoms with Crippen molar-refractivity contribution in [1.82, 2.24) is 4.90 Å². The monoisotopic (exact) mass is 247 g/mol. The van der Waals surface area contributed by atoms with Crippen molar-refractivity contribution in [2.24, 2.45) is 0 Å². The summed E-state index contributed by atoms with van der Waals surface area (Å²) in [6.07, 6.45) is -1.36. The van der Waals surface area contributed by atoms with E-state index in [0.29, 0.717) is 6.54 Å². The van der Waals surface area contributed by atoms with Gasteiger partial charge < -0.3 is 14.7 Å². The highest BCUT2D eigenvalue weighted by Crippen LogP contribution is 2.25. The van der Waals surface area contributed by atoms with Crippen molar-refractivity contribution in [3.63, 3.8) is 0 Å². The number of ether oxygens (including phenoxy) is 1. The number of alkyl halides is 1. The van der Waals surface area contributed by atoms with Gasteiger partial charge in [-0.25, -0.2) is 9.18 Å². The van der Waals surface area contributed by atoms with E-state index in [0.717, 1.165) is 0 Å². The van der Waals surface area contributed by atoms with E-state index >= 15 is 0 Å². The van der Waals surface area contributed by atoms with Gasteiger partial charge in [0.1, 0.15) is 11.8 Å². The molecule has 0 spiro atoms. The summed E-state index contributed by atoms with van der Waals surface area (Å²) >= 11 is 0. The fourth-order valence-corrected chi connectivity index (χ4v) is 1.72. The van der Waals surface area contributed by atoms with Crippen molar-refractivity contribution in [3.8, 4) is 0 Å². The Kier molecular flexibility index (Phi) is 4.02. The Balaban J connectivity index is 2.60. The molecule has 5 heteroatoms. The van der Waals surface area contributed by atoms with Crippen molar-refractivity contribution in [1.29, 1.82) is 0 Å². The topological polar surface area (TPSA) is 49.8 Å². The van der Waals surface area contributed by atoms with Gasteiger partial charge in [0.25, 0.3) is 0 Å². The molecule has 0 aromatic carbocycles. The molecule has 1 aliphatic rings. The summed E-state index contributed by atoms with van der Waals surface area (Å²) in [6, 6.07) is 0. The Labute approximate surface area is 102 Å². The van der Waals surface area contributed by atoms with Crippen molar-refractivity contribution in [2.45, 2.75) is 57.9 Å². The van der Waals surface area contributed by atoms with Gasteiger partial charge in [0.2, 0.25) is 0 Å². The van der Waals surface area contributed by atoms with Crippen LogP contribution in [0.2, 0.25) is 0 Å². The first-order valence-corrected chi connectivity index (χ1v) is 5.96. The lowest BCUT2D eigenvalue weighted by Gasteiger charge is -2.26. The average molecular weight is 247 g/mol. The fraction of sp³-hybridized carbons (Fsp3) is 0.917. The van der Waals surface area contributed by atoms with Gasteiger partial charge in [-0.2, -0.15) is 0 Å². The van der Waals surface area contributed by atoms with E-state index in [1.54, 1.807) is 20.8 Å². The van der Waals surface area contributed by atoms with Crippen molar-refractivity contribution in [2.75, 3.05) is 13.1 Å². The van der Waals surface area contributed by atoms with E-state index in [1.807, 2.05) is 0 Å². The van der Waals surface area contributed by atoms with Crippen molar-refractivity contribution >= 4 is 6.09 Å². The average Bonchev–Trinajstić information content (AvgIpc) is 2.25. The third-order valence-corrected chi connectivity index (χ3v) is 2.87. The van der Waals surface area contributed by atoms with Crippen molar-refractivity contribution < 1.29 is 19.0 Å². The van der Waals surface area contributed by atoms with Crippen LogP contribution >= 0.6 is 0 Å². The Morgan fingerprint density at radius 3 is 2.59 bits per heavy atom.